The summed E-state index contributed by atoms with van der Waals surface area (Å²) in [5.74, 6) is -0.472. The van der Waals surface area contributed by atoms with Gasteiger partial charge in [0.15, 0.2) is 0 Å². The van der Waals surface area contributed by atoms with Crippen molar-refractivity contribution in [1.82, 2.24) is 9.80 Å². The van der Waals surface area contributed by atoms with Crippen molar-refractivity contribution in [3.63, 3.8) is 0 Å². The van der Waals surface area contributed by atoms with Crippen molar-refractivity contribution in [3.05, 3.63) is 58.0 Å². The highest BCUT2D eigenvalue weighted by Gasteiger charge is 2.26. The highest BCUT2D eigenvalue weighted by atomic mass is 79.9. The third kappa shape index (κ3) is 3.98. The molecule has 0 saturated carbocycles. The Morgan fingerprint density at radius 1 is 1.40 bits per heavy atom. The SMILES string of the molecule is CN(Cc1cc(Br)ccc1F)C(=O)C1=CN2CCS(=O)(=O)N=C2C=C1. The van der Waals surface area contributed by atoms with E-state index in [1.165, 1.54) is 23.1 Å². The lowest BCUT2D eigenvalue weighted by Crippen LogP contribution is -2.38. The van der Waals surface area contributed by atoms with Crippen molar-refractivity contribution in [2.75, 3.05) is 19.3 Å². The molecule has 0 bridgehead atoms. The van der Waals surface area contributed by atoms with E-state index in [0.717, 1.165) is 4.47 Å². The van der Waals surface area contributed by atoms with E-state index in [9.17, 15) is 17.6 Å². The maximum atomic E-state index is 13.9. The third-order valence-electron chi connectivity index (χ3n) is 3.83. The van der Waals surface area contributed by atoms with Gasteiger partial charge in [-0.05, 0) is 30.4 Å². The van der Waals surface area contributed by atoms with Gasteiger partial charge in [-0.3, -0.25) is 4.79 Å². The lowest BCUT2D eigenvalue weighted by molar-refractivity contribution is -0.126. The van der Waals surface area contributed by atoms with E-state index >= 15 is 0 Å². The number of amides is 1. The molecule has 0 atom stereocenters. The molecule has 0 aliphatic carbocycles. The number of hydrogen-bond donors (Lipinski definition) is 0. The Kier molecular flexibility index (Phi) is 4.79. The molecule has 0 fully saturated rings. The van der Waals surface area contributed by atoms with Crippen molar-refractivity contribution in [2.45, 2.75) is 6.54 Å². The second-order valence-corrected chi connectivity index (χ2v) is 8.41. The molecule has 132 valence electrons. The van der Waals surface area contributed by atoms with E-state index in [1.54, 1.807) is 30.3 Å². The average Bonchev–Trinajstić information content (AvgIpc) is 2.56. The van der Waals surface area contributed by atoms with Crippen LogP contribution in [-0.2, 0) is 21.4 Å². The fraction of sp³-hybridized carbons (Fsp3) is 0.250. The number of hydrogen-bond acceptors (Lipinski definition) is 4. The molecule has 2 aliphatic heterocycles. The van der Waals surface area contributed by atoms with Crippen LogP contribution in [0.25, 0.3) is 0 Å². The number of fused-ring (bicyclic) bond motifs is 1. The molecule has 1 amide bonds. The van der Waals surface area contributed by atoms with Crippen molar-refractivity contribution in [3.8, 4) is 0 Å². The molecule has 25 heavy (non-hydrogen) atoms. The summed E-state index contributed by atoms with van der Waals surface area (Å²) in [4.78, 5) is 15.6. The summed E-state index contributed by atoms with van der Waals surface area (Å²) in [5.41, 5.74) is 0.785. The summed E-state index contributed by atoms with van der Waals surface area (Å²) < 4.78 is 41.3. The number of carbonyl (C=O) groups excluding carboxylic acids is 1. The van der Waals surface area contributed by atoms with Crippen molar-refractivity contribution >= 4 is 37.7 Å². The minimum Gasteiger partial charge on any atom is -0.337 e. The molecule has 2 aliphatic rings. The first-order valence-corrected chi connectivity index (χ1v) is 9.84. The zero-order chi connectivity index (χ0) is 18.2. The summed E-state index contributed by atoms with van der Waals surface area (Å²) in [6.07, 6.45) is 4.59. The van der Waals surface area contributed by atoms with Gasteiger partial charge < -0.3 is 9.80 Å². The quantitative estimate of drug-likeness (QED) is 0.739. The van der Waals surface area contributed by atoms with Crippen LogP contribution in [0.15, 0.2) is 51.0 Å². The van der Waals surface area contributed by atoms with E-state index < -0.39 is 10.0 Å². The van der Waals surface area contributed by atoms with Crippen LogP contribution in [0.5, 0.6) is 0 Å². The van der Waals surface area contributed by atoms with Crippen LogP contribution in [0.1, 0.15) is 5.56 Å². The normalized spacial score (nSPS) is 18.3. The summed E-state index contributed by atoms with van der Waals surface area (Å²) in [6.45, 7) is 0.358. The monoisotopic (exact) mass is 427 g/mol. The second kappa shape index (κ2) is 6.72. The minimum atomic E-state index is -3.43. The van der Waals surface area contributed by atoms with Crippen LogP contribution in [0.3, 0.4) is 0 Å². The summed E-state index contributed by atoms with van der Waals surface area (Å²) in [5, 5.41) is 0. The molecule has 0 aromatic heterocycles. The first-order chi connectivity index (χ1) is 11.7. The third-order valence-corrected chi connectivity index (χ3v) is 5.49. The number of amidine groups is 1. The smallest absolute Gasteiger partial charge is 0.256 e. The van der Waals surface area contributed by atoms with Gasteiger partial charge in [0.05, 0.1) is 11.3 Å². The molecule has 0 saturated heterocycles. The fourth-order valence-electron chi connectivity index (χ4n) is 2.54. The molecule has 1 aromatic rings. The van der Waals surface area contributed by atoms with Crippen LogP contribution in [0.2, 0.25) is 0 Å². The number of benzene rings is 1. The Balaban J connectivity index is 1.77. The second-order valence-electron chi connectivity index (χ2n) is 5.74. The molecule has 1 aromatic carbocycles. The van der Waals surface area contributed by atoms with Gasteiger partial charge in [-0.15, -0.1) is 4.40 Å². The predicted molar refractivity (Wildman–Crippen MR) is 95.7 cm³/mol. The van der Waals surface area contributed by atoms with Crippen molar-refractivity contribution < 1.29 is 17.6 Å². The van der Waals surface area contributed by atoms with Crippen LogP contribution >= 0.6 is 15.9 Å². The van der Waals surface area contributed by atoms with Gasteiger partial charge in [-0.25, -0.2) is 12.8 Å². The molecule has 6 nitrogen and oxygen atoms in total. The lowest BCUT2D eigenvalue weighted by atomic mass is 10.1. The molecule has 0 radical (unpaired) electrons. The number of halogens is 2. The number of nitrogens with zero attached hydrogens (tertiary/aromatic N) is 3. The largest absolute Gasteiger partial charge is 0.337 e. The lowest BCUT2D eigenvalue weighted by Gasteiger charge is -2.28. The average molecular weight is 428 g/mol. The van der Waals surface area contributed by atoms with Crippen LogP contribution in [-0.4, -0.2) is 49.3 Å². The zero-order valence-corrected chi connectivity index (χ0v) is 15.7. The topological polar surface area (TPSA) is 70.1 Å². The molecule has 0 unspecified atom stereocenters. The standard InChI is InChI=1S/C16H15BrFN3O3S/c1-20(9-12-8-13(17)3-4-14(12)18)16(22)11-2-5-15-19-25(23,24)7-6-21(15)10-11/h2-5,8,10H,6-7,9H2,1H3. The van der Waals surface area contributed by atoms with E-state index in [4.69, 9.17) is 0 Å². The van der Waals surface area contributed by atoms with Crippen molar-refractivity contribution in [2.24, 2.45) is 4.40 Å². The van der Waals surface area contributed by atoms with Gasteiger partial charge in [0, 0.05) is 36.4 Å². The van der Waals surface area contributed by atoms with Crippen LogP contribution in [0.4, 0.5) is 4.39 Å². The molecular formula is C16H15BrFN3O3S. The van der Waals surface area contributed by atoms with E-state index in [-0.39, 0.29) is 30.6 Å². The van der Waals surface area contributed by atoms with Crippen LogP contribution in [0, 0.1) is 5.82 Å². The highest BCUT2D eigenvalue weighted by molar-refractivity contribution is 9.10. The maximum absolute atomic E-state index is 13.9. The first-order valence-electron chi connectivity index (χ1n) is 7.44. The first kappa shape index (κ1) is 17.8. The van der Waals surface area contributed by atoms with Gasteiger partial charge in [-0.1, -0.05) is 15.9 Å². The Labute approximate surface area is 153 Å². The minimum absolute atomic E-state index is 0.0958. The number of likely N-dealkylation sites (N-methyl/N-ethyl adjacent to an activating group) is 1. The summed E-state index contributed by atoms with van der Waals surface area (Å²) in [6, 6.07) is 4.57. The molecule has 0 N–H and O–H groups in total. The van der Waals surface area contributed by atoms with E-state index in [2.05, 4.69) is 20.3 Å². The Morgan fingerprint density at radius 2 is 2.16 bits per heavy atom. The number of rotatable bonds is 3. The molecular weight excluding hydrogens is 413 g/mol. The Hall–Kier alpha value is -2.00. The van der Waals surface area contributed by atoms with Crippen molar-refractivity contribution in [1.29, 1.82) is 0 Å². The highest BCUT2D eigenvalue weighted by Crippen LogP contribution is 2.20. The summed E-state index contributed by atoms with van der Waals surface area (Å²) in [7, 11) is -1.85. The Morgan fingerprint density at radius 3 is 2.92 bits per heavy atom. The number of sulfonamides is 1. The molecule has 2 heterocycles. The van der Waals surface area contributed by atoms with Gasteiger partial charge in [0.1, 0.15) is 11.7 Å². The summed E-state index contributed by atoms with van der Waals surface area (Å²) >= 11 is 3.29. The zero-order valence-electron chi connectivity index (χ0n) is 13.3. The van der Waals surface area contributed by atoms with Crippen LogP contribution < -0.4 is 0 Å². The Bertz CT molecular complexity index is 925. The van der Waals surface area contributed by atoms with Gasteiger partial charge in [-0.2, -0.15) is 0 Å². The predicted octanol–water partition coefficient (Wildman–Crippen LogP) is 2.04. The molecule has 0 spiro atoms. The number of carbonyl (C=O) groups is 1. The van der Waals surface area contributed by atoms with Gasteiger partial charge >= 0.3 is 0 Å². The van der Waals surface area contributed by atoms with Gasteiger partial charge in [0.2, 0.25) is 0 Å². The maximum Gasteiger partial charge on any atom is 0.256 e. The molecule has 9 heteroatoms. The molecule has 3 rings (SSSR count). The van der Waals surface area contributed by atoms with E-state index in [1.807, 2.05) is 0 Å². The van der Waals surface area contributed by atoms with E-state index in [0.29, 0.717) is 17.0 Å². The fourth-order valence-corrected chi connectivity index (χ4v) is 3.92. The van der Waals surface area contributed by atoms with Gasteiger partial charge in [0.25, 0.3) is 15.9 Å².